The number of carbonyl (C=O) groups is 2. The number of amides is 2. The van der Waals surface area contributed by atoms with E-state index >= 15 is 0 Å². The van der Waals surface area contributed by atoms with Gasteiger partial charge in [0.15, 0.2) is 0 Å². The van der Waals surface area contributed by atoms with Crippen LogP contribution in [0.25, 0.3) is 11.0 Å². The van der Waals surface area contributed by atoms with Gasteiger partial charge in [-0.25, -0.2) is 9.88 Å². The molecule has 3 heterocycles. The number of rotatable bonds is 2. The normalized spacial score (nSPS) is 19.4. The molecule has 136 valence electrons. The summed E-state index contributed by atoms with van der Waals surface area (Å²) in [5.41, 5.74) is 2.24. The fourth-order valence-corrected chi connectivity index (χ4v) is 4.24. The van der Waals surface area contributed by atoms with E-state index in [0.29, 0.717) is 22.3 Å². The summed E-state index contributed by atoms with van der Waals surface area (Å²) in [5.74, 6) is 0.134. The molecule has 1 unspecified atom stereocenters. The number of halogens is 2. The summed E-state index contributed by atoms with van der Waals surface area (Å²) < 4.78 is 2.09. The first-order valence-electron chi connectivity index (χ1n) is 8.58. The second kappa shape index (κ2) is 5.97. The quantitative estimate of drug-likeness (QED) is 0.617. The second-order valence-corrected chi connectivity index (χ2v) is 7.47. The van der Waals surface area contributed by atoms with Crippen molar-refractivity contribution in [2.24, 2.45) is 0 Å². The summed E-state index contributed by atoms with van der Waals surface area (Å²) >= 11 is 12.2. The number of imide groups is 1. The lowest BCUT2D eigenvalue weighted by Crippen LogP contribution is -2.41. The predicted octanol–water partition coefficient (Wildman–Crippen LogP) is 3.50. The highest BCUT2D eigenvalue weighted by Crippen LogP contribution is 2.36. The number of para-hydroxylation sites is 2. The van der Waals surface area contributed by atoms with Gasteiger partial charge in [0.2, 0.25) is 11.9 Å². The van der Waals surface area contributed by atoms with Crippen molar-refractivity contribution in [3.8, 4) is 0 Å². The number of imidazole rings is 1. The van der Waals surface area contributed by atoms with Crippen LogP contribution in [0, 0.1) is 0 Å². The third-order valence-corrected chi connectivity index (χ3v) is 5.66. The van der Waals surface area contributed by atoms with E-state index < -0.39 is 6.04 Å². The number of hydrogen-bond donors (Lipinski definition) is 0. The summed E-state index contributed by atoms with van der Waals surface area (Å²) in [4.78, 5) is 33.5. The Morgan fingerprint density at radius 3 is 2.70 bits per heavy atom. The van der Waals surface area contributed by atoms with Crippen molar-refractivity contribution in [1.29, 1.82) is 0 Å². The number of nitrogens with zero attached hydrogens (tertiary/aromatic N) is 4. The zero-order chi connectivity index (χ0) is 18.7. The van der Waals surface area contributed by atoms with Gasteiger partial charge in [-0.1, -0.05) is 35.3 Å². The fourth-order valence-electron chi connectivity index (χ4n) is 3.88. The molecule has 0 saturated carbocycles. The van der Waals surface area contributed by atoms with E-state index in [9.17, 15) is 9.59 Å². The number of hydrogen-bond acceptors (Lipinski definition) is 4. The maximum Gasteiger partial charge on any atom is 0.257 e. The van der Waals surface area contributed by atoms with E-state index in [1.807, 2.05) is 29.2 Å². The van der Waals surface area contributed by atoms with Crippen LogP contribution < -0.4 is 9.80 Å². The molecule has 1 fully saturated rings. The van der Waals surface area contributed by atoms with Crippen molar-refractivity contribution in [1.82, 2.24) is 9.55 Å². The highest BCUT2D eigenvalue weighted by Gasteiger charge is 2.45. The molecule has 8 heteroatoms. The van der Waals surface area contributed by atoms with Crippen molar-refractivity contribution in [2.45, 2.75) is 19.0 Å². The van der Waals surface area contributed by atoms with Crippen molar-refractivity contribution >= 4 is 57.7 Å². The molecule has 0 radical (unpaired) electrons. The monoisotopic (exact) mass is 400 g/mol. The number of benzene rings is 2. The van der Waals surface area contributed by atoms with Gasteiger partial charge in [0.05, 0.1) is 28.2 Å². The van der Waals surface area contributed by atoms with E-state index in [1.165, 1.54) is 0 Å². The second-order valence-electron chi connectivity index (χ2n) is 6.63. The molecule has 0 bridgehead atoms. The Morgan fingerprint density at radius 1 is 1.04 bits per heavy atom. The Morgan fingerprint density at radius 2 is 1.85 bits per heavy atom. The van der Waals surface area contributed by atoms with Gasteiger partial charge < -0.3 is 9.47 Å². The Bertz CT molecular complexity index is 1110. The zero-order valence-corrected chi connectivity index (χ0v) is 15.6. The van der Waals surface area contributed by atoms with Gasteiger partial charge in [-0.15, -0.1) is 0 Å². The molecule has 2 aromatic carbocycles. The summed E-state index contributed by atoms with van der Waals surface area (Å²) in [6, 6.07) is 12.0. The molecule has 6 nitrogen and oxygen atoms in total. The number of anilines is 2. The summed E-state index contributed by atoms with van der Waals surface area (Å²) in [7, 11) is 0. The van der Waals surface area contributed by atoms with Gasteiger partial charge in [0.25, 0.3) is 5.91 Å². The molecular weight excluding hydrogens is 387 g/mol. The van der Waals surface area contributed by atoms with Crippen molar-refractivity contribution in [3.05, 3.63) is 52.5 Å². The van der Waals surface area contributed by atoms with Crippen molar-refractivity contribution in [3.63, 3.8) is 0 Å². The molecule has 2 aliphatic heterocycles. The van der Waals surface area contributed by atoms with Crippen LogP contribution in [0.3, 0.4) is 0 Å². The SMILES string of the molecule is O=C1CC(N2CCn3c2nc2ccccc23)C(=O)N1c1cc(Cl)ccc1Cl. The minimum atomic E-state index is -0.592. The fraction of sp³-hybridized carbons (Fsp3) is 0.211. The topological polar surface area (TPSA) is 58.4 Å². The first-order chi connectivity index (χ1) is 13.0. The van der Waals surface area contributed by atoms with E-state index in [0.717, 1.165) is 28.4 Å². The third-order valence-electron chi connectivity index (χ3n) is 5.10. The molecule has 27 heavy (non-hydrogen) atoms. The number of fused-ring (bicyclic) bond motifs is 3. The number of aromatic nitrogens is 2. The highest BCUT2D eigenvalue weighted by atomic mass is 35.5. The Hall–Kier alpha value is -2.57. The lowest BCUT2D eigenvalue weighted by atomic mass is 10.2. The Balaban J connectivity index is 1.53. The van der Waals surface area contributed by atoms with Gasteiger partial charge in [0, 0.05) is 18.1 Å². The molecule has 1 saturated heterocycles. The molecule has 0 spiro atoms. The largest absolute Gasteiger partial charge is 0.328 e. The maximum absolute atomic E-state index is 13.1. The molecule has 2 amide bonds. The van der Waals surface area contributed by atoms with E-state index in [-0.39, 0.29) is 18.2 Å². The standard InChI is InChI=1S/C19H14Cl2N4O2/c20-11-5-6-12(21)15(9-11)25-17(26)10-16(18(25)27)24-8-7-23-14-4-2-1-3-13(14)22-19(23)24/h1-6,9,16H,7-8,10H2. The average molecular weight is 401 g/mol. The minimum Gasteiger partial charge on any atom is -0.328 e. The molecule has 1 atom stereocenters. The zero-order valence-electron chi connectivity index (χ0n) is 14.1. The highest BCUT2D eigenvalue weighted by molar-refractivity contribution is 6.37. The third kappa shape index (κ3) is 2.44. The molecule has 1 aromatic heterocycles. The predicted molar refractivity (Wildman–Crippen MR) is 104 cm³/mol. The van der Waals surface area contributed by atoms with Crippen LogP contribution in [0.4, 0.5) is 11.6 Å². The first kappa shape index (κ1) is 16.6. The van der Waals surface area contributed by atoms with Crippen LogP contribution in [0.2, 0.25) is 10.0 Å². The Labute approximate surface area is 164 Å². The van der Waals surface area contributed by atoms with E-state index in [2.05, 4.69) is 9.55 Å². The lowest BCUT2D eigenvalue weighted by molar-refractivity contribution is -0.121. The lowest BCUT2D eigenvalue weighted by Gasteiger charge is -2.23. The van der Waals surface area contributed by atoms with Crippen LogP contribution in [-0.4, -0.2) is 34.0 Å². The van der Waals surface area contributed by atoms with Gasteiger partial charge >= 0.3 is 0 Å². The van der Waals surface area contributed by atoms with E-state index in [4.69, 9.17) is 23.2 Å². The van der Waals surface area contributed by atoms with Crippen LogP contribution in [0.5, 0.6) is 0 Å². The smallest absolute Gasteiger partial charge is 0.257 e. The summed E-state index contributed by atoms with van der Waals surface area (Å²) in [6.45, 7) is 1.36. The van der Waals surface area contributed by atoms with Gasteiger partial charge in [-0.3, -0.25) is 9.59 Å². The average Bonchev–Trinajstić information content (AvgIpc) is 3.29. The van der Waals surface area contributed by atoms with Gasteiger partial charge in [-0.05, 0) is 30.3 Å². The van der Waals surface area contributed by atoms with E-state index in [1.54, 1.807) is 18.2 Å². The van der Waals surface area contributed by atoms with Crippen molar-refractivity contribution in [2.75, 3.05) is 16.3 Å². The first-order valence-corrected chi connectivity index (χ1v) is 9.34. The maximum atomic E-state index is 13.1. The van der Waals surface area contributed by atoms with Crippen LogP contribution in [0.1, 0.15) is 6.42 Å². The molecule has 0 N–H and O–H groups in total. The van der Waals surface area contributed by atoms with Crippen LogP contribution in [-0.2, 0) is 16.1 Å². The van der Waals surface area contributed by atoms with Gasteiger partial charge in [-0.2, -0.15) is 0 Å². The molecule has 0 aliphatic carbocycles. The van der Waals surface area contributed by atoms with Gasteiger partial charge in [0.1, 0.15) is 6.04 Å². The molecule has 2 aliphatic rings. The molecule has 5 rings (SSSR count). The number of carbonyl (C=O) groups excluding carboxylic acids is 2. The Kier molecular flexibility index (Phi) is 3.67. The molecule has 3 aromatic rings. The molecular formula is C19H14Cl2N4O2. The van der Waals surface area contributed by atoms with Crippen LogP contribution in [0.15, 0.2) is 42.5 Å². The van der Waals surface area contributed by atoms with Crippen molar-refractivity contribution < 1.29 is 9.59 Å². The summed E-state index contributed by atoms with van der Waals surface area (Å²) in [6.07, 6.45) is 0.0882. The summed E-state index contributed by atoms with van der Waals surface area (Å²) in [5, 5.41) is 0.733. The minimum absolute atomic E-state index is 0.0882. The van der Waals surface area contributed by atoms with Crippen LogP contribution >= 0.6 is 23.2 Å².